The van der Waals surface area contributed by atoms with E-state index in [-0.39, 0.29) is 53.2 Å². The molecule has 0 saturated heterocycles. The molecule has 0 aliphatic carbocycles. The normalized spacial score (nSPS) is 5.75. The second kappa shape index (κ2) is 13.8. The average molecular weight is 210 g/mol. The van der Waals surface area contributed by atoms with Crippen LogP contribution in [0.2, 0.25) is 0 Å². The summed E-state index contributed by atoms with van der Waals surface area (Å²) in [6.45, 7) is 0. The van der Waals surface area contributed by atoms with E-state index in [2.05, 4.69) is 6.07 Å². The minimum Gasteiger partial charge on any atom is -0.522 e. The topological polar surface area (TPSA) is 9.23 Å². The molecule has 0 amide bonds. The van der Waals surface area contributed by atoms with Gasteiger partial charge in [-0.3, -0.25) is 0 Å². The number of hydrogen-bond donors (Lipinski definition) is 0. The van der Waals surface area contributed by atoms with Crippen LogP contribution in [0.15, 0.2) is 24.3 Å². The monoisotopic (exact) mass is 208 g/mol. The molecule has 0 spiro atoms. The molecule has 0 aromatic heterocycles. The van der Waals surface area contributed by atoms with Crippen molar-refractivity contribution in [2.24, 2.45) is 0 Å². The zero-order valence-corrected chi connectivity index (χ0v) is 11.4. The second-order valence-electron chi connectivity index (χ2n) is 1.44. The molecule has 0 saturated carbocycles. The van der Waals surface area contributed by atoms with Crippen molar-refractivity contribution in [1.29, 1.82) is 0 Å². The van der Waals surface area contributed by atoms with Gasteiger partial charge in [-0.15, -0.1) is 12.1 Å². The van der Waals surface area contributed by atoms with E-state index in [0.29, 0.717) is 0 Å². The third kappa shape index (κ3) is 8.34. The first-order valence-electron chi connectivity index (χ1n) is 2.43. The van der Waals surface area contributed by atoms with E-state index >= 15 is 0 Å². The van der Waals surface area contributed by atoms with Crippen molar-refractivity contribution in [3.05, 3.63) is 45.2 Å². The summed E-state index contributed by atoms with van der Waals surface area (Å²) >= 11 is 0. The van der Waals surface area contributed by atoms with Crippen molar-refractivity contribution in [2.45, 2.75) is 0 Å². The Hall–Kier alpha value is 0.241. The van der Waals surface area contributed by atoms with Crippen LogP contribution in [0.1, 0.15) is 0 Å². The summed E-state index contributed by atoms with van der Waals surface area (Å²) in [4.78, 5) is 0. The van der Waals surface area contributed by atoms with Crippen molar-refractivity contribution in [1.82, 2.24) is 0 Å². The van der Waals surface area contributed by atoms with Gasteiger partial charge in [-0.25, -0.2) is 0 Å². The Morgan fingerprint density at radius 3 is 1.83 bits per heavy atom. The molecule has 1 aromatic rings. The van der Waals surface area contributed by atoms with Gasteiger partial charge >= 0.3 is 38.3 Å². The van der Waals surface area contributed by atoms with Crippen LogP contribution in [0.4, 0.5) is 0 Å². The molecule has 1 aromatic carbocycles. The fourth-order valence-corrected chi connectivity index (χ4v) is 0.508. The summed E-state index contributed by atoms with van der Waals surface area (Å²) in [7, 11) is 1.65. The van der Waals surface area contributed by atoms with Gasteiger partial charge in [-0.05, 0) is 0 Å². The standard InChI is InChI=1S/C7H7O.2CH3.Li.Zn/c1-8-7-5-3-2-4-6-7;;;;/h3-6H,1H3;2*1H3;;/q3*-1;+1;+2. The Morgan fingerprint density at radius 1 is 1.17 bits per heavy atom. The third-order valence-electron chi connectivity index (χ3n) is 0.923. The zero-order valence-electron chi connectivity index (χ0n) is 8.42. The van der Waals surface area contributed by atoms with Crippen LogP contribution < -0.4 is 23.6 Å². The van der Waals surface area contributed by atoms with E-state index in [1.807, 2.05) is 24.3 Å². The maximum atomic E-state index is 4.89. The number of ether oxygens (including phenoxy) is 1. The fourth-order valence-electron chi connectivity index (χ4n) is 0.508. The first kappa shape index (κ1) is 22.8. The molecule has 3 heteroatoms. The first-order valence-corrected chi connectivity index (χ1v) is 2.43. The van der Waals surface area contributed by atoms with Crippen molar-refractivity contribution in [2.75, 3.05) is 7.11 Å². The maximum Gasteiger partial charge on any atom is 2.00 e. The van der Waals surface area contributed by atoms with Crippen LogP contribution in [-0.4, -0.2) is 7.11 Å². The van der Waals surface area contributed by atoms with Crippen LogP contribution in [0.25, 0.3) is 0 Å². The molecule has 1 nitrogen and oxygen atoms in total. The van der Waals surface area contributed by atoms with Gasteiger partial charge in [-0.2, -0.15) is 18.2 Å². The molecule has 0 unspecified atom stereocenters. The molecule has 58 valence electrons. The van der Waals surface area contributed by atoms with Crippen molar-refractivity contribution in [3.63, 3.8) is 0 Å². The Bertz CT molecular complexity index is 156. The smallest absolute Gasteiger partial charge is 0.522 e. The second-order valence-corrected chi connectivity index (χ2v) is 1.44. The Morgan fingerprint density at radius 2 is 1.58 bits per heavy atom. The van der Waals surface area contributed by atoms with Gasteiger partial charge in [0.05, 0.1) is 7.11 Å². The van der Waals surface area contributed by atoms with Crippen LogP contribution in [0, 0.1) is 20.9 Å². The van der Waals surface area contributed by atoms with Gasteiger partial charge < -0.3 is 19.6 Å². The molecule has 0 radical (unpaired) electrons. The zero-order chi connectivity index (χ0) is 5.82. The van der Waals surface area contributed by atoms with Gasteiger partial charge in [0, 0.05) is 5.75 Å². The largest absolute Gasteiger partial charge is 2.00 e. The van der Waals surface area contributed by atoms with Gasteiger partial charge in [-0.1, -0.05) is 0 Å². The summed E-state index contributed by atoms with van der Waals surface area (Å²) in [6, 6.07) is 10.2. The van der Waals surface area contributed by atoms with Crippen molar-refractivity contribution in [3.8, 4) is 5.75 Å². The number of hydrogen-bond acceptors (Lipinski definition) is 1. The SMILES string of the molecule is COc1cc[c-]cc1.[CH3-].[CH3-].[Li+].[Zn+2]. The van der Waals surface area contributed by atoms with E-state index in [9.17, 15) is 0 Å². The van der Waals surface area contributed by atoms with E-state index in [0.717, 1.165) is 5.75 Å². The average Bonchev–Trinajstić information content (AvgIpc) is 1.90. The van der Waals surface area contributed by atoms with E-state index < -0.39 is 0 Å². The predicted octanol–water partition coefficient (Wildman–Crippen LogP) is -0.603. The summed E-state index contributed by atoms with van der Waals surface area (Å²) in [6.07, 6.45) is 0. The molecular weight excluding hydrogens is 196 g/mol. The van der Waals surface area contributed by atoms with E-state index in [1.54, 1.807) is 7.11 Å². The molecular formula is C9H13LiOZn. The van der Waals surface area contributed by atoms with Gasteiger partial charge in [0.2, 0.25) is 0 Å². The summed E-state index contributed by atoms with van der Waals surface area (Å²) in [5, 5.41) is 0. The van der Waals surface area contributed by atoms with Gasteiger partial charge in [0.25, 0.3) is 0 Å². The first-order chi connectivity index (χ1) is 3.93. The summed E-state index contributed by atoms with van der Waals surface area (Å²) < 4.78 is 4.89. The van der Waals surface area contributed by atoms with Crippen LogP contribution in [-0.2, 0) is 19.5 Å². The Labute approximate surface area is 101 Å². The minimum absolute atomic E-state index is 0. The van der Waals surface area contributed by atoms with E-state index in [4.69, 9.17) is 4.74 Å². The number of rotatable bonds is 1. The summed E-state index contributed by atoms with van der Waals surface area (Å²) in [5.41, 5.74) is 0. The van der Waals surface area contributed by atoms with Crippen molar-refractivity contribution >= 4 is 0 Å². The molecule has 12 heavy (non-hydrogen) atoms. The maximum absolute atomic E-state index is 4.89. The fraction of sp³-hybridized carbons (Fsp3) is 0.111. The molecule has 0 aliphatic rings. The third-order valence-corrected chi connectivity index (χ3v) is 0.923. The summed E-state index contributed by atoms with van der Waals surface area (Å²) in [5.74, 6) is 0.878. The number of benzene rings is 1. The van der Waals surface area contributed by atoms with Crippen LogP contribution in [0.5, 0.6) is 5.75 Å². The molecule has 0 N–H and O–H groups in total. The molecule has 0 heterocycles. The molecule has 1 rings (SSSR count). The van der Waals surface area contributed by atoms with Gasteiger partial charge in [0.1, 0.15) is 0 Å². The van der Waals surface area contributed by atoms with E-state index in [1.165, 1.54) is 0 Å². The molecule has 0 aliphatic heterocycles. The molecule has 0 atom stereocenters. The minimum atomic E-state index is 0. The molecule has 0 bridgehead atoms. The Kier molecular flexibility index (Phi) is 26.2. The van der Waals surface area contributed by atoms with Gasteiger partial charge in [0.15, 0.2) is 0 Å². The van der Waals surface area contributed by atoms with Crippen LogP contribution >= 0.6 is 0 Å². The number of methoxy groups -OCH3 is 1. The van der Waals surface area contributed by atoms with Crippen LogP contribution in [0.3, 0.4) is 0 Å². The Balaban J connectivity index is -0.0000000800. The molecule has 0 fully saturated rings. The van der Waals surface area contributed by atoms with Crippen molar-refractivity contribution < 1.29 is 43.1 Å². The predicted molar refractivity (Wildman–Crippen MR) is 44.7 cm³/mol. The quantitative estimate of drug-likeness (QED) is 0.443.